The molecule has 0 atom stereocenters. The van der Waals surface area contributed by atoms with E-state index in [2.05, 4.69) is 26.0 Å². The van der Waals surface area contributed by atoms with Crippen molar-refractivity contribution in [3.05, 3.63) is 12.2 Å². The van der Waals surface area contributed by atoms with Crippen molar-refractivity contribution in [1.82, 2.24) is 0 Å². The Hall–Kier alpha value is -0.300. The lowest BCUT2D eigenvalue weighted by atomic mass is 10.1. The van der Waals surface area contributed by atoms with E-state index >= 15 is 0 Å². The Morgan fingerprint density at radius 2 is 1.05 bits per heavy atom. The predicted molar refractivity (Wildman–Crippen MR) is 95.9 cm³/mol. The summed E-state index contributed by atoms with van der Waals surface area (Å²) in [6, 6.07) is 0. The van der Waals surface area contributed by atoms with Crippen LogP contribution in [0.25, 0.3) is 0 Å². The molecular formula is C20H40O. The van der Waals surface area contributed by atoms with Gasteiger partial charge in [-0.05, 0) is 32.6 Å². The fourth-order valence-electron chi connectivity index (χ4n) is 2.58. The van der Waals surface area contributed by atoms with E-state index in [4.69, 9.17) is 4.74 Å². The van der Waals surface area contributed by atoms with Crippen LogP contribution in [-0.2, 0) is 4.74 Å². The first-order valence-electron chi connectivity index (χ1n) is 9.64. The monoisotopic (exact) mass is 296 g/mol. The highest BCUT2D eigenvalue weighted by Gasteiger charge is 1.93. The van der Waals surface area contributed by atoms with E-state index in [1.807, 2.05) is 0 Å². The molecule has 0 amide bonds. The van der Waals surface area contributed by atoms with Crippen molar-refractivity contribution in [2.45, 2.75) is 104 Å². The second kappa shape index (κ2) is 19.7. The van der Waals surface area contributed by atoms with Crippen molar-refractivity contribution in [3.63, 3.8) is 0 Å². The maximum absolute atomic E-state index is 5.35. The number of rotatable bonds is 17. The molecule has 0 aliphatic heterocycles. The van der Waals surface area contributed by atoms with Gasteiger partial charge in [-0.15, -0.1) is 0 Å². The zero-order valence-corrected chi connectivity index (χ0v) is 14.9. The lowest BCUT2D eigenvalue weighted by Crippen LogP contribution is -1.92. The van der Waals surface area contributed by atoms with Gasteiger partial charge in [0.25, 0.3) is 0 Å². The van der Waals surface area contributed by atoms with Crippen molar-refractivity contribution in [1.29, 1.82) is 0 Å². The average Bonchev–Trinajstić information content (AvgIpc) is 2.50. The van der Waals surface area contributed by atoms with E-state index in [-0.39, 0.29) is 0 Å². The second-order valence-corrected chi connectivity index (χ2v) is 6.13. The standard InChI is InChI=1S/C20H40O/c1-3-5-6-7-8-9-10-11-12-13-14-15-16-17-18-19-20-21-4-2/h7-8H,3-6,9-20H2,1-2H3. The molecule has 1 heteroatoms. The molecule has 1 nitrogen and oxygen atoms in total. The molecule has 0 aliphatic carbocycles. The lowest BCUT2D eigenvalue weighted by molar-refractivity contribution is 0.143. The Morgan fingerprint density at radius 1 is 0.571 bits per heavy atom. The van der Waals surface area contributed by atoms with Crippen molar-refractivity contribution >= 4 is 0 Å². The number of unbranched alkanes of at least 4 members (excludes halogenated alkanes) is 12. The fourth-order valence-corrected chi connectivity index (χ4v) is 2.58. The summed E-state index contributed by atoms with van der Waals surface area (Å²) in [5, 5.41) is 0. The molecule has 0 N–H and O–H groups in total. The second-order valence-electron chi connectivity index (χ2n) is 6.13. The molecule has 126 valence electrons. The number of hydrogen-bond acceptors (Lipinski definition) is 1. The molecule has 0 fully saturated rings. The first-order chi connectivity index (χ1) is 10.4. The summed E-state index contributed by atoms with van der Waals surface area (Å²) in [5.74, 6) is 0. The Balaban J connectivity index is 2.98. The molecule has 21 heavy (non-hydrogen) atoms. The molecule has 0 aliphatic rings. The summed E-state index contributed by atoms with van der Waals surface area (Å²) in [4.78, 5) is 0. The SMILES string of the molecule is CCCCC=CCCCCCCCCCCCCOCC. The van der Waals surface area contributed by atoms with Gasteiger partial charge in [0.2, 0.25) is 0 Å². The first kappa shape index (κ1) is 20.7. The van der Waals surface area contributed by atoms with Crippen molar-refractivity contribution in [2.75, 3.05) is 13.2 Å². The molecule has 0 saturated heterocycles. The third-order valence-electron chi connectivity index (χ3n) is 4.00. The van der Waals surface area contributed by atoms with Gasteiger partial charge < -0.3 is 4.74 Å². The van der Waals surface area contributed by atoms with Gasteiger partial charge in [0.05, 0.1) is 0 Å². The maximum Gasteiger partial charge on any atom is 0.0465 e. The van der Waals surface area contributed by atoms with Crippen molar-refractivity contribution < 1.29 is 4.74 Å². The van der Waals surface area contributed by atoms with Crippen LogP contribution in [-0.4, -0.2) is 13.2 Å². The third kappa shape index (κ3) is 19.7. The minimum Gasteiger partial charge on any atom is -0.382 e. The summed E-state index contributed by atoms with van der Waals surface area (Å²) in [6.45, 7) is 6.16. The highest BCUT2D eigenvalue weighted by Crippen LogP contribution is 2.11. The van der Waals surface area contributed by atoms with E-state index in [0.29, 0.717) is 0 Å². The predicted octanol–water partition coefficient (Wildman–Crippen LogP) is 7.06. The van der Waals surface area contributed by atoms with Crippen LogP contribution in [0.3, 0.4) is 0 Å². The molecular weight excluding hydrogens is 256 g/mol. The van der Waals surface area contributed by atoms with Crippen LogP contribution in [0.4, 0.5) is 0 Å². The van der Waals surface area contributed by atoms with E-state index < -0.39 is 0 Å². The number of allylic oxidation sites excluding steroid dienone is 2. The Labute approximate surface area is 134 Å². The van der Waals surface area contributed by atoms with Crippen LogP contribution in [0.15, 0.2) is 12.2 Å². The van der Waals surface area contributed by atoms with Crippen LogP contribution in [0.5, 0.6) is 0 Å². The first-order valence-corrected chi connectivity index (χ1v) is 9.64. The fraction of sp³-hybridized carbons (Fsp3) is 0.900. The topological polar surface area (TPSA) is 9.23 Å². The molecule has 0 rings (SSSR count). The molecule has 0 bridgehead atoms. The molecule has 0 aromatic heterocycles. The van der Waals surface area contributed by atoms with Gasteiger partial charge in [0.15, 0.2) is 0 Å². The normalized spacial score (nSPS) is 11.5. The molecule has 0 unspecified atom stereocenters. The van der Waals surface area contributed by atoms with Crippen LogP contribution < -0.4 is 0 Å². The lowest BCUT2D eigenvalue weighted by Gasteiger charge is -2.03. The van der Waals surface area contributed by atoms with E-state index in [9.17, 15) is 0 Å². The molecule has 0 heterocycles. The average molecular weight is 297 g/mol. The maximum atomic E-state index is 5.35. The minimum absolute atomic E-state index is 0.870. The Kier molecular flexibility index (Phi) is 19.4. The quantitative estimate of drug-likeness (QED) is 0.206. The molecule has 0 spiro atoms. The minimum atomic E-state index is 0.870. The van der Waals surface area contributed by atoms with Crippen molar-refractivity contribution in [3.8, 4) is 0 Å². The third-order valence-corrected chi connectivity index (χ3v) is 4.00. The smallest absolute Gasteiger partial charge is 0.0465 e. The summed E-state index contributed by atoms with van der Waals surface area (Å²) < 4.78 is 5.35. The zero-order chi connectivity index (χ0) is 15.4. The zero-order valence-electron chi connectivity index (χ0n) is 14.9. The molecule has 0 radical (unpaired) electrons. The van der Waals surface area contributed by atoms with Crippen LogP contribution in [0.1, 0.15) is 104 Å². The Morgan fingerprint density at radius 3 is 1.57 bits per heavy atom. The van der Waals surface area contributed by atoms with Gasteiger partial charge in [-0.25, -0.2) is 0 Å². The van der Waals surface area contributed by atoms with Gasteiger partial charge in [-0.2, -0.15) is 0 Å². The van der Waals surface area contributed by atoms with Crippen LogP contribution >= 0.6 is 0 Å². The number of ether oxygens (including phenoxy) is 1. The summed E-state index contributed by atoms with van der Waals surface area (Å²) in [7, 11) is 0. The van der Waals surface area contributed by atoms with Crippen LogP contribution in [0.2, 0.25) is 0 Å². The Bertz CT molecular complexity index is 198. The van der Waals surface area contributed by atoms with E-state index in [1.165, 1.54) is 89.9 Å². The highest BCUT2D eigenvalue weighted by atomic mass is 16.5. The van der Waals surface area contributed by atoms with E-state index in [1.54, 1.807) is 0 Å². The molecule has 0 aromatic carbocycles. The number of hydrogen-bond donors (Lipinski definition) is 0. The van der Waals surface area contributed by atoms with Gasteiger partial charge in [0, 0.05) is 13.2 Å². The van der Waals surface area contributed by atoms with Gasteiger partial charge in [-0.1, -0.05) is 83.3 Å². The van der Waals surface area contributed by atoms with E-state index in [0.717, 1.165) is 13.2 Å². The summed E-state index contributed by atoms with van der Waals surface area (Å²) >= 11 is 0. The largest absolute Gasteiger partial charge is 0.382 e. The van der Waals surface area contributed by atoms with Crippen molar-refractivity contribution in [2.24, 2.45) is 0 Å². The highest BCUT2D eigenvalue weighted by molar-refractivity contribution is 4.81. The van der Waals surface area contributed by atoms with Gasteiger partial charge >= 0.3 is 0 Å². The van der Waals surface area contributed by atoms with Gasteiger partial charge in [-0.3, -0.25) is 0 Å². The molecule has 0 aromatic rings. The molecule has 0 saturated carbocycles. The summed E-state index contributed by atoms with van der Waals surface area (Å²) in [6.07, 6.45) is 24.0. The van der Waals surface area contributed by atoms with Crippen LogP contribution in [0, 0.1) is 0 Å². The summed E-state index contributed by atoms with van der Waals surface area (Å²) in [5.41, 5.74) is 0. The van der Waals surface area contributed by atoms with Gasteiger partial charge in [0.1, 0.15) is 0 Å².